The molecule has 3 aromatic rings. The van der Waals surface area contributed by atoms with Crippen LogP contribution in [0.15, 0.2) is 64.0 Å². The Hall–Kier alpha value is -3.33. The largest absolute Gasteiger partial charge is 0.425 e. The van der Waals surface area contributed by atoms with Gasteiger partial charge >= 0.3 is 6.18 Å². The van der Waals surface area contributed by atoms with Gasteiger partial charge < -0.3 is 5.11 Å². The van der Waals surface area contributed by atoms with Gasteiger partial charge in [0.2, 0.25) is 5.60 Å². The number of hydrogen-bond acceptors (Lipinski definition) is 5. The highest BCUT2D eigenvalue weighted by atomic mass is 19.4. The fourth-order valence-corrected chi connectivity index (χ4v) is 4.47. The zero-order valence-electron chi connectivity index (χ0n) is 17.3. The van der Waals surface area contributed by atoms with Crippen molar-refractivity contribution in [3.8, 4) is 22.3 Å². The van der Waals surface area contributed by atoms with Gasteiger partial charge in [-0.25, -0.2) is 4.99 Å². The van der Waals surface area contributed by atoms with E-state index in [1.54, 1.807) is 29.9 Å². The van der Waals surface area contributed by atoms with Crippen LogP contribution in [-0.4, -0.2) is 33.6 Å². The van der Waals surface area contributed by atoms with Crippen molar-refractivity contribution < 1.29 is 18.3 Å². The van der Waals surface area contributed by atoms with Crippen molar-refractivity contribution in [3.63, 3.8) is 0 Å². The molecule has 1 atom stereocenters. The van der Waals surface area contributed by atoms with Crippen LogP contribution in [0.4, 0.5) is 13.2 Å². The number of fused-ring (bicyclic) bond motifs is 3. The Bertz CT molecular complexity index is 1260. The summed E-state index contributed by atoms with van der Waals surface area (Å²) in [5.74, 6) is 0.719. The van der Waals surface area contributed by atoms with Gasteiger partial charge in [-0.15, -0.1) is 5.11 Å². The molecule has 0 radical (unpaired) electrons. The smallest absolute Gasteiger partial charge is 0.372 e. The summed E-state index contributed by atoms with van der Waals surface area (Å²) in [5, 5.41) is 23.1. The quantitative estimate of drug-likeness (QED) is 0.590. The van der Waals surface area contributed by atoms with Crippen molar-refractivity contribution in [2.45, 2.75) is 38.1 Å². The Labute approximate surface area is 182 Å². The van der Waals surface area contributed by atoms with Crippen LogP contribution in [-0.2, 0) is 12.1 Å². The summed E-state index contributed by atoms with van der Waals surface area (Å²) < 4.78 is 44.2. The van der Waals surface area contributed by atoms with Crippen molar-refractivity contribution in [1.29, 1.82) is 0 Å². The van der Waals surface area contributed by atoms with E-state index in [1.165, 1.54) is 18.2 Å². The number of azo groups is 1. The van der Waals surface area contributed by atoms with E-state index in [4.69, 9.17) is 0 Å². The number of nitrogens with zero attached hydrogens (tertiary/aromatic N) is 5. The first kappa shape index (κ1) is 20.6. The molecule has 5 rings (SSSR count). The second-order valence-electron chi connectivity index (χ2n) is 8.04. The van der Waals surface area contributed by atoms with Crippen LogP contribution in [0.3, 0.4) is 0 Å². The Morgan fingerprint density at radius 3 is 2.69 bits per heavy atom. The number of alkyl halides is 3. The van der Waals surface area contributed by atoms with Crippen molar-refractivity contribution >= 4 is 5.84 Å². The number of aryl methyl sites for hydroxylation is 2. The van der Waals surface area contributed by atoms with Gasteiger partial charge in [0.25, 0.3) is 0 Å². The molecule has 1 aliphatic heterocycles. The minimum atomic E-state index is -4.86. The lowest BCUT2D eigenvalue weighted by molar-refractivity contribution is -0.246. The van der Waals surface area contributed by atoms with E-state index in [0.29, 0.717) is 47.5 Å². The predicted molar refractivity (Wildman–Crippen MR) is 113 cm³/mol. The van der Waals surface area contributed by atoms with Gasteiger partial charge in [-0.05, 0) is 30.0 Å². The van der Waals surface area contributed by atoms with Crippen molar-refractivity contribution in [1.82, 2.24) is 9.78 Å². The second kappa shape index (κ2) is 7.37. The number of benzene rings is 2. The average Bonchev–Trinajstić information content (AvgIpc) is 3.48. The first-order chi connectivity index (χ1) is 15.3. The third-order valence-corrected chi connectivity index (χ3v) is 5.90. The van der Waals surface area contributed by atoms with Gasteiger partial charge in [0, 0.05) is 35.9 Å². The number of aliphatic imine (C=N–C) groups is 1. The van der Waals surface area contributed by atoms with Crippen molar-refractivity contribution in [2.75, 3.05) is 6.67 Å². The molecule has 2 aliphatic rings. The molecule has 2 heterocycles. The van der Waals surface area contributed by atoms with Crippen LogP contribution >= 0.6 is 0 Å². The van der Waals surface area contributed by atoms with Crippen LogP contribution in [0.5, 0.6) is 0 Å². The molecule has 6 nitrogen and oxygen atoms in total. The molecule has 2 aromatic carbocycles. The molecule has 0 amide bonds. The molecule has 0 saturated heterocycles. The Kier molecular flexibility index (Phi) is 4.74. The Morgan fingerprint density at radius 1 is 1.12 bits per heavy atom. The molecule has 9 heteroatoms. The summed E-state index contributed by atoms with van der Waals surface area (Å²) in [6.07, 6.45) is 0.0615. The molecular formula is C23H20F3N5O. The van der Waals surface area contributed by atoms with Gasteiger partial charge in [-0.3, -0.25) is 4.68 Å². The predicted octanol–water partition coefficient (Wildman–Crippen LogP) is 5.24. The van der Waals surface area contributed by atoms with Crippen molar-refractivity contribution in [3.05, 3.63) is 65.5 Å². The number of amidine groups is 1. The van der Waals surface area contributed by atoms with E-state index in [1.807, 2.05) is 12.3 Å². The summed E-state index contributed by atoms with van der Waals surface area (Å²) in [7, 11) is 0. The van der Waals surface area contributed by atoms with Crippen LogP contribution in [0.25, 0.3) is 22.3 Å². The van der Waals surface area contributed by atoms with E-state index >= 15 is 0 Å². The lowest BCUT2D eigenvalue weighted by Gasteiger charge is -2.28. The highest BCUT2D eigenvalue weighted by Gasteiger charge is 2.61. The second-order valence-corrected chi connectivity index (χ2v) is 8.04. The topological polar surface area (TPSA) is 75.1 Å². The van der Waals surface area contributed by atoms with Crippen LogP contribution in [0.1, 0.15) is 29.5 Å². The summed E-state index contributed by atoms with van der Waals surface area (Å²) in [5.41, 5.74) is -0.608. The van der Waals surface area contributed by atoms with Crippen LogP contribution < -0.4 is 0 Å². The molecule has 1 N–H and O–H groups in total. The molecule has 0 spiro atoms. The minimum Gasteiger partial charge on any atom is -0.372 e. The first-order valence-electron chi connectivity index (χ1n) is 10.3. The fourth-order valence-electron chi connectivity index (χ4n) is 4.47. The number of aromatic nitrogens is 2. The molecule has 1 aliphatic carbocycles. The van der Waals surface area contributed by atoms with E-state index in [9.17, 15) is 18.3 Å². The third-order valence-electron chi connectivity index (χ3n) is 5.90. The van der Waals surface area contributed by atoms with E-state index in [2.05, 4.69) is 20.3 Å². The standard InChI is InChI=1S/C23H20F3N5O/c1-14-9-17(15-11-29-31(12-15)8-4-7-20-27-13-28-30-20)21-16-5-2-3-6-18(16)22(32,19(21)10-14)23(24,25)26/h2-3,5-6,9-12,32H,4,7-8,13H2,1H3/t22-/m1/s1. The van der Waals surface area contributed by atoms with Gasteiger partial charge in [-0.1, -0.05) is 42.0 Å². The highest BCUT2D eigenvalue weighted by molar-refractivity contribution is 5.92. The first-order valence-corrected chi connectivity index (χ1v) is 10.3. The zero-order chi connectivity index (χ0) is 22.5. The molecule has 0 fully saturated rings. The van der Waals surface area contributed by atoms with E-state index in [-0.39, 0.29) is 11.1 Å². The zero-order valence-corrected chi connectivity index (χ0v) is 17.3. The lowest BCUT2D eigenvalue weighted by atomic mass is 9.88. The monoisotopic (exact) mass is 439 g/mol. The maximum atomic E-state index is 14.1. The minimum absolute atomic E-state index is 0.140. The summed E-state index contributed by atoms with van der Waals surface area (Å²) in [4.78, 5) is 4.16. The fraction of sp³-hybridized carbons (Fsp3) is 0.304. The SMILES string of the molecule is Cc1cc(-c2cnn(CCCC3=NCN=N3)c2)c2c(c1)[C@@](O)(C(F)(F)F)c1ccccc1-2. The van der Waals surface area contributed by atoms with E-state index < -0.39 is 11.8 Å². The normalized spacial score (nSPS) is 19.2. The molecule has 0 saturated carbocycles. The highest BCUT2D eigenvalue weighted by Crippen LogP contribution is 2.57. The molecule has 0 unspecified atom stereocenters. The molecule has 0 bridgehead atoms. The van der Waals surface area contributed by atoms with Gasteiger partial charge in [-0.2, -0.15) is 23.4 Å². The summed E-state index contributed by atoms with van der Waals surface area (Å²) in [6.45, 7) is 2.72. The van der Waals surface area contributed by atoms with Gasteiger partial charge in [0.05, 0.1) is 6.20 Å². The molecular weight excluding hydrogens is 419 g/mol. The molecule has 32 heavy (non-hydrogen) atoms. The Balaban J connectivity index is 1.55. The number of halogens is 3. The average molecular weight is 439 g/mol. The van der Waals surface area contributed by atoms with Crippen LogP contribution in [0, 0.1) is 6.92 Å². The van der Waals surface area contributed by atoms with Crippen LogP contribution in [0.2, 0.25) is 0 Å². The van der Waals surface area contributed by atoms with Gasteiger partial charge in [0.1, 0.15) is 5.84 Å². The number of hydrogen-bond donors (Lipinski definition) is 1. The van der Waals surface area contributed by atoms with Gasteiger partial charge in [0.15, 0.2) is 6.67 Å². The number of aliphatic hydroxyl groups is 1. The Morgan fingerprint density at radius 2 is 1.94 bits per heavy atom. The van der Waals surface area contributed by atoms with Crippen molar-refractivity contribution in [2.24, 2.45) is 15.2 Å². The molecule has 164 valence electrons. The third kappa shape index (κ3) is 3.15. The maximum absolute atomic E-state index is 14.1. The summed E-state index contributed by atoms with van der Waals surface area (Å²) >= 11 is 0. The summed E-state index contributed by atoms with van der Waals surface area (Å²) in [6, 6.07) is 9.42. The lowest BCUT2D eigenvalue weighted by Crippen LogP contribution is -2.41. The molecule has 1 aromatic heterocycles. The number of rotatable bonds is 5. The maximum Gasteiger partial charge on any atom is 0.425 e. The van der Waals surface area contributed by atoms with E-state index in [0.717, 1.165) is 12.3 Å².